The first-order chi connectivity index (χ1) is 11.6. The number of hydrogen-bond donors (Lipinski definition) is 2. The normalized spacial score (nSPS) is 11.9. The van der Waals surface area contributed by atoms with E-state index < -0.39 is 6.10 Å². The zero-order chi connectivity index (χ0) is 16.9. The summed E-state index contributed by atoms with van der Waals surface area (Å²) >= 11 is 0. The number of aromatic nitrogens is 3. The third kappa shape index (κ3) is 3.67. The molecule has 6 heteroatoms. The van der Waals surface area contributed by atoms with Gasteiger partial charge in [-0.1, -0.05) is 48.5 Å². The summed E-state index contributed by atoms with van der Waals surface area (Å²) in [5.74, 6) is -0.309. The maximum atomic E-state index is 12.2. The summed E-state index contributed by atoms with van der Waals surface area (Å²) in [7, 11) is 0. The molecule has 1 atom stereocenters. The third-order valence-corrected chi connectivity index (χ3v) is 3.68. The molecule has 1 heterocycles. The average Bonchev–Trinajstić information content (AvgIpc) is 3.06. The predicted octanol–water partition coefficient (Wildman–Crippen LogP) is 2.57. The second kappa shape index (κ2) is 7.06. The lowest BCUT2D eigenvalue weighted by Crippen LogP contribution is -2.16. The number of benzene rings is 2. The van der Waals surface area contributed by atoms with E-state index in [2.05, 4.69) is 15.4 Å². The molecule has 0 saturated carbocycles. The molecular weight excluding hydrogens is 304 g/mol. The highest BCUT2D eigenvalue weighted by Crippen LogP contribution is 2.15. The third-order valence-electron chi connectivity index (χ3n) is 3.68. The highest BCUT2D eigenvalue weighted by molar-refractivity contribution is 6.01. The summed E-state index contributed by atoms with van der Waals surface area (Å²) < 4.78 is 1.46. The fraction of sp³-hybridized carbons (Fsp3) is 0.167. The zero-order valence-electron chi connectivity index (χ0n) is 13.3. The largest absolute Gasteiger partial charge is 0.386 e. The quantitative estimate of drug-likeness (QED) is 0.756. The number of hydrogen-bond acceptors (Lipinski definition) is 4. The molecule has 0 radical (unpaired) electrons. The van der Waals surface area contributed by atoms with Crippen LogP contribution in [-0.2, 0) is 6.54 Å². The summed E-state index contributed by atoms with van der Waals surface area (Å²) in [6, 6.07) is 16.8. The van der Waals surface area contributed by atoms with Crippen LogP contribution < -0.4 is 5.32 Å². The SMILES string of the molecule is Cc1ccccc1NC(=O)c1ncn(C[C@@H](O)c2ccccc2)n1. The molecule has 1 amide bonds. The lowest BCUT2D eigenvalue weighted by molar-refractivity contribution is 0.101. The van der Waals surface area contributed by atoms with E-state index in [4.69, 9.17) is 0 Å². The van der Waals surface area contributed by atoms with E-state index in [0.717, 1.165) is 16.8 Å². The van der Waals surface area contributed by atoms with E-state index >= 15 is 0 Å². The second-order valence-corrected chi connectivity index (χ2v) is 5.49. The Hall–Kier alpha value is -2.99. The van der Waals surface area contributed by atoms with Gasteiger partial charge in [0.15, 0.2) is 0 Å². The van der Waals surface area contributed by atoms with Crippen LogP contribution in [-0.4, -0.2) is 25.8 Å². The maximum absolute atomic E-state index is 12.2. The molecule has 0 aliphatic carbocycles. The molecule has 3 rings (SSSR count). The predicted molar refractivity (Wildman–Crippen MR) is 90.6 cm³/mol. The Kier molecular flexibility index (Phi) is 4.67. The Balaban J connectivity index is 1.67. The van der Waals surface area contributed by atoms with Crippen molar-refractivity contribution >= 4 is 11.6 Å². The highest BCUT2D eigenvalue weighted by atomic mass is 16.3. The lowest BCUT2D eigenvalue weighted by Gasteiger charge is -2.10. The van der Waals surface area contributed by atoms with E-state index in [1.54, 1.807) is 0 Å². The summed E-state index contributed by atoms with van der Waals surface area (Å²) in [5, 5.41) is 17.1. The molecule has 2 N–H and O–H groups in total. The number of aliphatic hydroxyl groups is 1. The van der Waals surface area contributed by atoms with Crippen molar-refractivity contribution in [2.75, 3.05) is 5.32 Å². The Morgan fingerprint density at radius 1 is 1.17 bits per heavy atom. The molecule has 0 aliphatic rings. The number of para-hydroxylation sites is 1. The van der Waals surface area contributed by atoms with Crippen LogP contribution in [0.1, 0.15) is 27.8 Å². The molecule has 24 heavy (non-hydrogen) atoms. The number of nitrogens with zero attached hydrogens (tertiary/aromatic N) is 3. The van der Waals surface area contributed by atoms with Crippen LogP contribution in [0.3, 0.4) is 0 Å². The van der Waals surface area contributed by atoms with Gasteiger partial charge >= 0.3 is 0 Å². The van der Waals surface area contributed by atoms with Crippen LogP contribution in [0.15, 0.2) is 60.9 Å². The maximum Gasteiger partial charge on any atom is 0.295 e. The van der Waals surface area contributed by atoms with Crippen molar-refractivity contribution in [2.24, 2.45) is 0 Å². The van der Waals surface area contributed by atoms with Gasteiger partial charge in [0.05, 0.1) is 12.6 Å². The number of aliphatic hydroxyl groups excluding tert-OH is 1. The van der Waals surface area contributed by atoms with Gasteiger partial charge in [-0.15, -0.1) is 5.10 Å². The molecule has 0 bridgehead atoms. The van der Waals surface area contributed by atoms with Gasteiger partial charge in [-0.05, 0) is 24.1 Å². The standard InChI is InChI=1S/C18H18N4O2/c1-13-7-5-6-10-15(13)20-18(24)17-19-12-22(21-17)11-16(23)14-8-3-2-4-9-14/h2-10,12,16,23H,11H2,1H3,(H,20,24)/t16-/m1/s1. The number of nitrogens with one attached hydrogen (secondary N) is 1. The number of rotatable bonds is 5. The van der Waals surface area contributed by atoms with Gasteiger partial charge in [-0.2, -0.15) is 0 Å². The number of carbonyl (C=O) groups is 1. The van der Waals surface area contributed by atoms with Gasteiger partial charge in [0.25, 0.3) is 5.91 Å². The van der Waals surface area contributed by atoms with Crippen LogP contribution in [0.5, 0.6) is 0 Å². The van der Waals surface area contributed by atoms with E-state index in [0.29, 0.717) is 0 Å². The topological polar surface area (TPSA) is 80.0 Å². The van der Waals surface area contributed by atoms with E-state index in [9.17, 15) is 9.90 Å². The van der Waals surface area contributed by atoms with Gasteiger partial charge in [-0.3, -0.25) is 4.79 Å². The minimum Gasteiger partial charge on any atom is -0.386 e. The molecule has 0 saturated heterocycles. The van der Waals surface area contributed by atoms with Crippen LogP contribution in [0.2, 0.25) is 0 Å². The molecule has 0 spiro atoms. The molecule has 0 aliphatic heterocycles. The highest BCUT2D eigenvalue weighted by Gasteiger charge is 2.14. The van der Waals surface area contributed by atoms with Crippen LogP contribution in [0.25, 0.3) is 0 Å². The Morgan fingerprint density at radius 3 is 2.62 bits per heavy atom. The van der Waals surface area contributed by atoms with E-state index in [-0.39, 0.29) is 18.3 Å². The summed E-state index contributed by atoms with van der Waals surface area (Å²) in [4.78, 5) is 16.2. The van der Waals surface area contributed by atoms with Crippen molar-refractivity contribution in [3.8, 4) is 0 Å². The van der Waals surface area contributed by atoms with Crippen molar-refractivity contribution in [1.82, 2.24) is 14.8 Å². The van der Waals surface area contributed by atoms with Crippen molar-refractivity contribution in [2.45, 2.75) is 19.6 Å². The average molecular weight is 322 g/mol. The molecule has 0 unspecified atom stereocenters. The molecule has 1 aromatic heterocycles. The number of amides is 1. The van der Waals surface area contributed by atoms with E-state index in [1.807, 2.05) is 61.5 Å². The Bertz CT molecular complexity index is 830. The lowest BCUT2D eigenvalue weighted by atomic mass is 10.1. The number of carbonyl (C=O) groups excluding carboxylic acids is 1. The first-order valence-electron chi connectivity index (χ1n) is 7.63. The van der Waals surface area contributed by atoms with Gasteiger partial charge in [-0.25, -0.2) is 9.67 Å². The first kappa shape index (κ1) is 15.9. The number of aryl methyl sites for hydroxylation is 1. The second-order valence-electron chi connectivity index (χ2n) is 5.49. The van der Waals surface area contributed by atoms with Crippen LogP contribution in [0, 0.1) is 6.92 Å². The van der Waals surface area contributed by atoms with Gasteiger partial charge < -0.3 is 10.4 Å². The Labute approximate surface area is 139 Å². The molecular formula is C18H18N4O2. The first-order valence-corrected chi connectivity index (χ1v) is 7.63. The smallest absolute Gasteiger partial charge is 0.295 e. The van der Waals surface area contributed by atoms with Crippen molar-refractivity contribution < 1.29 is 9.90 Å². The summed E-state index contributed by atoms with van der Waals surface area (Å²) in [5.41, 5.74) is 2.48. The van der Waals surface area contributed by atoms with Crippen LogP contribution in [0.4, 0.5) is 5.69 Å². The fourth-order valence-electron chi connectivity index (χ4n) is 2.34. The summed E-state index contributed by atoms with van der Waals surface area (Å²) in [6.45, 7) is 2.15. The van der Waals surface area contributed by atoms with E-state index in [1.165, 1.54) is 11.0 Å². The van der Waals surface area contributed by atoms with Crippen molar-refractivity contribution in [3.63, 3.8) is 0 Å². The van der Waals surface area contributed by atoms with Crippen molar-refractivity contribution in [1.29, 1.82) is 0 Å². The molecule has 2 aromatic carbocycles. The Morgan fingerprint density at radius 2 is 1.88 bits per heavy atom. The summed E-state index contributed by atoms with van der Waals surface area (Å²) in [6.07, 6.45) is 0.735. The van der Waals surface area contributed by atoms with Gasteiger partial charge in [0, 0.05) is 5.69 Å². The molecule has 0 fully saturated rings. The minimum absolute atomic E-state index is 0.0681. The molecule has 6 nitrogen and oxygen atoms in total. The van der Waals surface area contributed by atoms with Crippen molar-refractivity contribution in [3.05, 3.63) is 77.9 Å². The molecule has 3 aromatic rings. The van der Waals surface area contributed by atoms with Crippen LogP contribution >= 0.6 is 0 Å². The number of anilines is 1. The van der Waals surface area contributed by atoms with Gasteiger partial charge in [0.2, 0.25) is 5.82 Å². The monoisotopic (exact) mass is 322 g/mol. The fourth-order valence-corrected chi connectivity index (χ4v) is 2.34. The van der Waals surface area contributed by atoms with Gasteiger partial charge in [0.1, 0.15) is 6.33 Å². The molecule has 122 valence electrons. The minimum atomic E-state index is -0.708. The zero-order valence-corrected chi connectivity index (χ0v) is 13.3.